The molecule has 1 N–H and O–H groups in total. The molecule has 3 aromatic rings. The van der Waals surface area contributed by atoms with Gasteiger partial charge in [0.05, 0.1) is 17.3 Å². The number of carbonyl (C=O) groups is 1. The highest BCUT2D eigenvalue weighted by Crippen LogP contribution is 2.35. The Kier molecular flexibility index (Phi) is 3.74. The number of rotatable bonds is 3. The molecule has 0 aromatic carbocycles. The van der Waals surface area contributed by atoms with Crippen LogP contribution in [0.5, 0.6) is 0 Å². The monoisotopic (exact) mass is 320 g/mol. The predicted octanol–water partition coefficient (Wildman–Crippen LogP) is 2.24. The van der Waals surface area contributed by atoms with Gasteiger partial charge in [0.2, 0.25) is 0 Å². The smallest absolute Gasteiger partial charge is 0.255 e. The number of hydrogen-bond acceptors (Lipinski definition) is 5. The first-order valence-corrected chi connectivity index (χ1v) is 7.86. The van der Waals surface area contributed by atoms with Crippen molar-refractivity contribution in [1.82, 2.24) is 29.8 Å². The van der Waals surface area contributed by atoms with Crippen LogP contribution in [0.1, 0.15) is 34.9 Å². The van der Waals surface area contributed by atoms with Gasteiger partial charge in [-0.1, -0.05) is 0 Å². The summed E-state index contributed by atoms with van der Waals surface area (Å²) >= 11 is 0. The second-order valence-corrected chi connectivity index (χ2v) is 5.63. The number of hydrogen-bond donors (Lipinski definition) is 1. The molecule has 0 aliphatic carbocycles. The highest BCUT2D eigenvalue weighted by atomic mass is 16.2. The standard InChI is InChI=1S/C17H16N6O/c24-17(12-3-1-5-18-11-12)23-10-2-4-13(23)14-15(20-7-6-19-14)16-21-8-9-22-16/h1,3,5-9,11,13H,2,4,10H2,(H,21,22)/t13-/m0/s1. The van der Waals surface area contributed by atoms with Gasteiger partial charge in [-0.15, -0.1) is 0 Å². The first kappa shape index (κ1) is 14.5. The van der Waals surface area contributed by atoms with Crippen molar-refractivity contribution < 1.29 is 4.79 Å². The fourth-order valence-electron chi connectivity index (χ4n) is 3.12. The van der Waals surface area contributed by atoms with Crippen LogP contribution < -0.4 is 0 Å². The van der Waals surface area contributed by atoms with Crippen LogP contribution in [0.15, 0.2) is 49.3 Å². The van der Waals surface area contributed by atoms with Crippen molar-refractivity contribution in [2.75, 3.05) is 6.54 Å². The minimum absolute atomic E-state index is 0.0263. The zero-order chi connectivity index (χ0) is 16.4. The fourth-order valence-corrected chi connectivity index (χ4v) is 3.12. The fraction of sp³-hybridized carbons (Fsp3) is 0.235. The van der Waals surface area contributed by atoms with Gasteiger partial charge in [0.1, 0.15) is 5.69 Å². The van der Waals surface area contributed by atoms with Gasteiger partial charge in [-0.2, -0.15) is 0 Å². The molecule has 1 fully saturated rings. The number of imidazole rings is 1. The van der Waals surface area contributed by atoms with E-state index in [0.29, 0.717) is 23.6 Å². The number of aromatic nitrogens is 5. The van der Waals surface area contributed by atoms with Crippen LogP contribution in [-0.4, -0.2) is 42.3 Å². The Morgan fingerprint density at radius 2 is 2.08 bits per heavy atom. The average molecular weight is 320 g/mol. The van der Waals surface area contributed by atoms with Crippen molar-refractivity contribution in [1.29, 1.82) is 0 Å². The Morgan fingerprint density at radius 3 is 2.88 bits per heavy atom. The van der Waals surface area contributed by atoms with Gasteiger partial charge in [-0.05, 0) is 25.0 Å². The molecule has 0 unspecified atom stereocenters. The molecule has 7 nitrogen and oxygen atoms in total. The maximum absolute atomic E-state index is 12.8. The first-order valence-electron chi connectivity index (χ1n) is 7.86. The van der Waals surface area contributed by atoms with Crippen molar-refractivity contribution in [2.24, 2.45) is 0 Å². The third kappa shape index (κ3) is 2.54. The molecule has 1 aliphatic rings. The highest BCUT2D eigenvalue weighted by molar-refractivity contribution is 5.94. The van der Waals surface area contributed by atoms with E-state index in [1.54, 1.807) is 49.3 Å². The Balaban J connectivity index is 1.70. The van der Waals surface area contributed by atoms with Crippen LogP contribution in [0.4, 0.5) is 0 Å². The van der Waals surface area contributed by atoms with Crippen molar-refractivity contribution in [3.8, 4) is 11.5 Å². The van der Waals surface area contributed by atoms with Crippen molar-refractivity contribution in [2.45, 2.75) is 18.9 Å². The lowest BCUT2D eigenvalue weighted by molar-refractivity contribution is 0.0732. The average Bonchev–Trinajstić information content (AvgIpc) is 3.33. The van der Waals surface area contributed by atoms with E-state index in [0.717, 1.165) is 18.5 Å². The van der Waals surface area contributed by atoms with Gasteiger partial charge in [-0.25, -0.2) is 9.97 Å². The molecule has 0 saturated carbocycles. The number of amides is 1. The molecule has 4 heterocycles. The lowest BCUT2D eigenvalue weighted by Crippen LogP contribution is -2.31. The van der Waals surface area contributed by atoms with E-state index in [1.807, 2.05) is 4.90 Å². The van der Waals surface area contributed by atoms with Crippen molar-refractivity contribution in [3.05, 3.63) is 60.6 Å². The van der Waals surface area contributed by atoms with Gasteiger partial charge in [0, 0.05) is 43.7 Å². The van der Waals surface area contributed by atoms with E-state index in [2.05, 4.69) is 24.9 Å². The summed E-state index contributed by atoms with van der Waals surface area (Å²) in [4.78, 5) is 35.0. The third-order valence-electron chi connectivity index (χ3n) is 4.19. The largest absolute Gasteiger partial charge is 0.343 e. The van der Waals surface area contributed by atoms with Crippen LogP contribution in [0.2, 0.25) is 0 Å². The van der Waals surface area contributed by atoms with Gasteiger partial charge >= 0.3 is 0 Å². The zero-order valence-electron chi connectivity index (χ0n) is 13.0. The van der Waals surface area contributed by atoms with Crippen LogP contribution in [0.25, 0.3) is 11.5 Å². The summed E-state index contributed by atoms with van der Waals surface area (Å²) in [5.74, 6) is 0.639. The Bertz CT molecular complexity index is 833. The molecule has 0 bridgehead atoms. The number of nitrogens with one attached hydrogen (secondary N) is 1. The van der Waals surface area contributed by atoms with Gasteiger partial charge in [0.25, 0.3) is 5.91 Å². The SMILES string of the molecule is O=C(c1cccnc1)N1CCC[C@H]1c1nccnc1-c1ncc[nH]1. The molecule has 0 spiro atoms. The third-order valence-corrected chi connectivity index (χ3v) is 4.19. The van der Waals surface area contributed by atoms with Crippen LogP contribution in [-0.2, 0) is 0 Å². The molecule has 1 saturated heterocycles. The maximum atomic E-state index is 12.8. The summed E-state index contributed by atoms with van der Waals surface area (Å²) in [5.41, 5.74) is 2.06. The van der Waals surface area contributed by atoms with E-state index < -0.39 is 0 Å². The van der Waals surface area contributed by atoms with E-state index >= 15 is 0 Å². The van der Waals surface area contributed by atoms with E-state index in [-0.39, 0.29) is 11.9 Å². The van der Waals surface area contributed by atoms with E-state index in [1.165, 1.54) is 0 Å². The predicted molar refractivity (Wildman–Crippen MR) is 86.9 cm³/mol. The Labute approximate surface area is 138 Å². The van der Waals surface area contributed by atoms with Crippen molar-refractivity contribution in [3.63, 3.8) is 0 Å². The summed E-state index contributed by atoms with van der Waals surface area (Å²) in [5, 5.41) is 0. The summed E-state index contributed by atoms with van der Waals surface area (Å²) in [6, 6.07) is 3.45. The van der Waals surface area contributed by atoms with Crippen LogP contribution >= 0.6 is 0 Å². The lowest BCUT2D eigenvalue weighted by atomic mass is 10.1. The van der Waals surface area contributed by atoms with Crippen molar-refractivity contribution >= 4 is 5.91 Å². The molecule has 1 aliphatic heterocycles. The molecular weight excluding hydrogens is 304 g/mol. The molecule has 1 atom stereocenters. The number of pyridine rings is 1. The van der Waals surface area contributed by atoms with Crippen LogP contribution in [0, 0.1) is 0 Å². The first-order chi connectivity index (χ1) is 11.8. The molecule has 120 valence electrons. The van der Waals surface area contributed by atoms with E-state index in [9.17, 15) is 4.79 Å². The lowest BCUT2D eigenvalue weighted by Gasteiger charge is -2.25. The maximum Gasteiger partial charge on any atom is 0.255 e. The van der Waals surface area contributed by atoms with Gasteiger partial charge < -0.3 is 9.88 Å². The molecule has 1 amide bonds. The number of nitrogens with zero attached hydrogens (tertiary/aromatic N) is 5. The molecule has 4 rings (SSSR count). The Morgan fingerprint density at radius 1 is 1.17 bits per heavy atom. The highest BCUT2D eigenvalue weighted by Gasteiger charge is 2.34. The topological polar surface area (TPSA) is 87.7 Å². The summed E-state index contributed by atoms with van der Waals surface area (Å²) in [6.07, 6.45) is 11.8. The summed E-state index contributed by atoms with van der Waals surface area (Å²) in [7, 11) is 0. The molecule has 3 aromatic heterocycles. The zero-order valence-corrected chi connectivity index (χ0v) is 13.0. The molecule has 7 heteroatoms. The van der Waals surface area contributed by atoms with E-state index in [4.69, 9.17) is 0 Å². The minimum Gasteiger partial charge on any atom is -0.343 e. The quantitative estimate of drug-likeness (QED) is 0.799. The second-order valence-electron chi connectivity index (χ2n) is 5.63. The molecule has 0 radical (unpaired) electrons. The van der Waals surface area contributed by atoms with Gasteiger partial charge in [-0.3, -0.25) is 14.8 Å². The summed E-state index contributed by atoms with van der Waals surface area (Å²) in [6.45, 7) is 0.701. The number of carbonyl (C=O) groups excluding carboxylic acids is 1. The normalized spacial score (nSPS) is 17.2. The summed E-state index contributed by atoms with van der Waals surface area (Å²) < 4.78 is 0. The minimum atomic E-state index is -0.105. The number of aromatic amines is 1. The van der Waals surface area contributed by atoms with Crippen LogP contribution in [0.3, 0.4) is 0 Å². The molecular formula is C17H16N6O. The number of H-pyrrole nitrogens is 1. The second kappa shape index (κ2) is 6.19. The molecule has 24 heavy (non-hydrogen) atoms. The Hall–Kier alpha value is -3.09. The van der Waals surface area contributed by atoms with Gasteiger partial charge in [0.15, 0.2) is 5.82 Å². The number of likely N-dealkylation sites (tertiary alicyclic amines) is 1.